The molecule has 0 aliphatic heterocycles. The lowest BCUT2D eigenvalue weighted by Crippen LogP contribution is -2.10. The second kappa shape index (κ2) is 7.70. The van der Waals surface area contributed by atoms with E-state index < -0.39 is 0 Å². The molecule has 0 saturated carbocycles. The van der Waals surface area contributed by atoms with Crippen LogP contribution in [0.3, 0.4) is 0 Å². The Balaban J connectivity index is 2.13. The van der Waals surface area contributed by atoms with Crippen LogP contribution in [-0.2, 0) is 12.8 Å². The highest BCUT2D eigenvalue weighted by molar-refractivity contribution is 9.09. The van der Waals surface area contributed by atoms with Crippen LogP contribution in [0.1, 0.15) is 11.1 Å². The van der Waals surface area contributed by atoms with Crippen molar-refractivity contribution >= 4 is 50.7 Å². The Labute approximate surface area is 143 Å². The Hall–Kier alpha value is -0.210. The highest BCUT2D eigenvalue weighted by Gasteiger charge is 2.13. The molecule has 0 heterocycles. The average molecular weight is 393 g/mol. The lowest BCUT2D eigenvalue weighted by Gasteiger charge is -2.16. The van der Waals surface area contributed by atoms with Gasteiger partial charge in [0, 0.05) is 20.4 Å². The van der Waals surface area contributed by atoms with E-state index in [0.717, 1.165) is 44.4 Å². The third kappa shape index (κ3) is 4.39. The highest BCUT2D eigenvalue weighted by atomic mass is 79.9. The summed E-state index contributed by atoms with van der Waals surface area (Å²) in [5.74, 6) is 0.422. The van der Waals surface area contributed by atoms with Gasteiger partial charge in [-0.3, -0.25) is 0 Å². The molecule has 2 rings (SSSR count). The zero-order valence-electron chi connectivity index (χ0n) is 10.8. The second-order valence-corrected chi connectivity index (χ2v) is 6.65. The number of hydrogen-bond acceptors (Lipinski definition) is 0. The molecule has 0 aliphatic carbocycles. The first-order valence-corrected chi connectivity index (χ1v) is 8.59. The number of alkyl halides is 1. The van der Waals surface area contributed by atoms with Gasteiger partial charge in [0.2, 0.25) is 0 Å². The predicted molar refractivity (Wildman–Crippen MR) is 92.6 cm³/mol. The van der Waals surface area contributed by atoms with Crippen LogP contribution in [0, 0.1) is 5.92 Å². The van der Waals surface area contributed by atoms with Gasteiger partial charge in [0.05, 0.1) is 0 Å². The van der Waals surface area contributed by atoms with E-state index in [1.807, 2.05) is 36.4 Å². The molecule has 0 fully saturated rings. The zero-order chi connectivity index (χ0) is 14.5. The normalized spacial score (nSPS) is 12.4. The van der Waals surface area contributed by atoms with Crippen molar-refractivity contribution in [2.24, 2.45) is 5.92 Å². The third-order valence-electron chi connectivity index (χ3n) is 3.20. The molecule has 0 spiro atoms. The van der Waals surface area contributed by atoms with Crippen molar-refractivity contribution in [2.45, 2.75) is 12.8 Å². The van der Waals surface area contributed by atoms with Crippen LogP contribution in [0.5, 0.6) is 0 Å². The van der Waals surface area contributed by atoms with E-state index in [4.69, 9.17) is 34.8 Å². The van der Waals surface area contributed by atoms with Crippen LogP contribution in [0.25, 0.3) is 0 Å². The minimum absolute atomic E-state index is 0.422. The molecule has 20 heavy (non-hydrogen) atoms. The Morgan fingerprint density at radius 1 is 0.850 bits per heavy atom. The summed E-state index contributed by atoms with van der Waals surface area (Å²) in [6.07, 6.45) is 1.78. The van der Waals surface area contributed by atoms with Crippen molar-refractivity contribution in [1.29, 1.82) is 0 Å². The van der Waals surface area contributed by atoms with Crippen molar-refractivity contribution in [2.75, 3.05) is 5.33 Å². The Morgan fingerprint density at radius 3 is 2.20 bits per heavy atom. The molecule has 0 amide bonds. The van der Waals surface area contributed by atoms with Gasteiger partial charge in [0.25, 0.3) is 0 Å². The fourth-order valence-corrected chi connectivity index (χ4v) is 3.23. The first-order chi connectivity index (χ1) is 9.60. The molecule has 2 aromatic carbocycles. The minimum atomic E-state index is 0.422. The van der Waals surface area contributed by atoms with Crippen molar-refractivity contribution < 1.29 is 0 Å². The Bertz CT molecular complexity index is 584. The Kier molecular flexibility index (Phi) is 6.22. The molecule has 2 aromatic rings. The molecule has 0 bridgehead atoms. The summed E-state index contributed by atoms with van der Waals surface area (Å²) in [4.78, 5) is 0. The summed E-state index contributed by atoms with van der Waals surface area (Å²) in [6.45, 7) is 0. The van der Waals surface area contributed by atoms with E-state index in [-0.39, 0.29) is 0 Å². The summed E-state index contributed by atoms with van der Waals surface area (Å²) >= 11 is 22.1. The minimum Gasteiger partial charge on any atom is -0.0925 e. The van der Waals surface area contributed by atoms with E-state index >= 15 is 0 Å². The molecule has 0 saturated heterocycles. The van der Waals surface area contributed by atoms with Crippen molar-refractivity contribution in [3.8, 4) is 0 Å². The fraction of sp³-hybridized carbons (Fsp3) is 0.250. The van der Waals surface area contributed by atoms with E-state index in [9.17, 15) is 0 Å². The van der Waals surface area contributed by atoms with Gasteiger partial charge in [-0.05, 0) is 54.2 Å². The van der Waals surface area contributed by atoms with Crippen molar-refractivity contribution in [3.63, 3.8) is 0 Å². The molecule has 1 atom stereocenters. The summed E-state index contributed by atoms with van der Waals surface area (Å²) in [6, 6.07) is 13.5. The van der Waals surface area contributed by atoms with Crippen molar-refractivity contribution in [3.05, 3.63) is 68.7 Å². The number of benzene rings is 2. The monoisotopic (exact) mass is 390 g/mol. The summed E-state index contributed by atoms with van der Waals surface area (Å²) in [5.41, 5.74) is 2.24. The average Bonchev–Trinajstić information content (AvgIpc) is 2.44. The van der Waals surface area contributed by atoms with Gasteiger partial charge < -0.3 is 0 Å². The maximum absolute atomic E-state index is 6.23. The largest absolute Gasteiger partial charge is 0.0925 e. The first kappa shape index (κ1) is 16.2. The van der Waals surface area contributed by atoms with Crippen LogP contribution >= 0.6 is 50.7 Å². The first-order valence-electron chi connectivity index (χ1n) is 6.33. The zero-order valence-corrected chi connectivity index (χ0v) is 14.6. The highest BCUT2D eigenvalue weighted by Crippen LogP contribution is 2.27. The molecule has 0 aliphatic rings. The van der Waals surface area contributed by atoms with Gasteiger partial charge in [0.15, 0.2) is 0 Å². The Morgan fingerprint density at radius 2 is 1.50 bits per heavy atom. The molecule has 4 heteroatoms. The lowest BCUT2D eigenvalue weighted by atomic mass is 9.94. The topological polar surface area (TPSA) is 0 Å². The van der Waals surface area contributed by atoms with Gasteiger partial charge in [-0.25, -0.2) is 0 Å². The molecular weight excluding hydrogens is 378 g/mol. The predicted octanol–water partition coefficient (Wildman–Crippen LogP) is 6.44. The van der Waals surface area contributed by atoms with E-state index in [1.165, 1.54) is 0 Å². The molecule has 0 aromatic heterocycles. The second-order valence-electron chi connectivity index (χ2n) is 4.76. The molecule has 1 unspecified atom stereocenters. The molecule has 0 radical (unpaired) electrons. The van der Waals surface area contributed by atoms with Gasteiger partial charge in [-0.1, -0.05) is 68.9 Å². The smallest absolute Gasteiger partial charge is 0.0439 e. The summed E-state index contributed by atoms with van der Waals surface area (Å²) in [5, 5.41) is 3.19. The standard InChI is InChI=1S/C16H14BrCl3/c17-10-11(7-12-3-1-2-4-15(12)19)8-13-9-14(18)5-6-16(13)20/h1-6,9,11H,7-8,10H2. The summed E-state index contributed by atoms with van der Waals surface area (Å²) in [7, 11) is 0. The number of halogens is 4. The lowest BCUT2D eigenvalue weighted by molar-refractivity contribution is 0.591. The maximum atomic E-state index is 6.23. The van der Waals surface area contributed by atoms with Crippen molar-refractivity contribution in [1.82, 2.24) is 0 Å². The number of hydrogen-bond donors (Lipinski definition) is 0. The van der Waals surface area contributed by atoms with Crippen LogP contribution in [-0.4, -0.2) is 5.33 Å². The molecular formula is C16H14BrCl3. The fourth-order valence-electron chi connectivity index (χ4n) is 2.17. The SMILES string of the molecule is Clc1ccc(Cl)c(CC(CBr)Cc2ccccc2Cl)c1. The maximum Gasteiger partial charge on any atom is 0.0439 e. The third-order valence-corrected chi connectivity index (χ3v) is 5.09. The van der Waals surface area contributed by atoms with E-state index in [0.29, 0.717) is 5.92 Å². The van der Waals surface area contributed by atoms with Crippen LogP contribution in [0.15, 0.2) is 42.5 Å². The van der Waals surface area contributed by atoms with Crippen LogP contribution in [0.4, 0.5) is 0 Å². The van der Waals surface area contributed by atoms with Gasteiger partial charge in [-0.15, -0.1) is 0 Å². The van der Waals surface area contributed by atoms with Crippen LogP contribution < -0.4 is 0 Å². The van der Waals surface area contributed by atoms with Gasteiger partial charge in [-0.2, -0.15) is 0 Å². The molecule has 0 nitrogen and oxygen atoms in total. The van der Waals surface area contributed by atoms with E-state index in [1.54, 1.807) is 0 Å². The summed E-state index contributed by atoms with van der Waals surface area (Å²) < 4.78 is 0. The van der Waals surface area contributed by atoms with Crippen LogP contribution in [0.2, 0.25) is 15.1 Å². The number of rotatable bonds is 5. The molecule has 0 N–H and O–H groups in total. The quantitative estimate of drug-likeness (QED) is 0.513. The van der Waals surface area contributed by atoms with E-state index in [2.05, 4.69) is 22.0 Å². The molecule has 106 valence electrons. The van der Waals surface area contributed by atoms with Gasteiger partial charge in [0.1, 0.15) is 0 Å². The van der Waals surface area contributed by atoms with Gasteiger partial charge >= 0.3 is 0 Å².